The summed E-state index contributed by atoms with van der Waals surface area (Å²) in [7, 11) is 1.63. The zero-order chi connectivity index (χ0) is 40.6. The summed E-state index contributed by atoms with van der Waals surface area (Å²) >= 11 is 0. The molecule has 1 N–H and O–H groups in total. The molecule has 0 amide bonds. The van der Waals surface area contributed by atoms with Crippen molar-refractivity contribution in [3.05, 3.63) is 85.1 Å². The molecule has 2 unspecified atom stereocenters. The molecule has 9 heteroatoms. The number of quaternary nitrogens is 1. The number of likely N-dealkylation sites (N-methyl/N-ethyl adjacent to an activating group) is 1. The Hall–Kier alpha value is -2.32. The molecule has 0 aliphatic heterocycles. The first kappa shape index (κ1) is 52.7. The first-order chi connectivity index (χ1) is 26.6. The predicted octanol–water partition coefficient (Wildman–Crippen LogP) is 12.5. The Morgan fingerprint density at radius 1 is 0.582 bits per heavy atom. The summed E-state index contributed by atoms with van der Waals surface area (Å²) in [6.07, 6.45) is 50.7. The van der Waals surface area contributed by atoms with E-state index < -0.39 is 13.9 Å². The second-order valence-corrected chi connectivity index (χ2v) is 16.4. The molecular formula is C46H81NO7P+. The summed E-state index contributed by atoms with van der Waals surface area (Å²) in [5.41, 5.74) is 0. The lowest BCUT2D eigenvalue weighted by atomic mass is 10.1. The number of ether oxygens (including phenoxy) is 2. The third-order valence-electron chi connectivity index (χ3n) is 8.47. The Morgan fingerprint density at radius 3 is 1.58 bits per heavy atom. The van der Waals surface area contributed by atoms with Gasteiger partial charge in [-0.1, -0.05) is 150 Å². The van der Waals surface area contributed by atoms with Crippen LogP contribution < -0.4 is 0 Å². The van der Waals surface area contributed by atoms with Gasteiger partial charge in [0.05, 0.1) is 34.4 Å². The smallest absolute Gasteiger partial charge is 0.457 e. The zero-order valence-electron chi connectivity index (χ0n) is 35.6. The van der Waals surface area contributed by atoms with Gasteiger partial charge in [-0.25, -0.2) is 4.57 Å². The highest BCUT2D eigenvalue weighted by Gasteiger charge is 2.26. The minimum atomic E-state index is -4.28. The van der Waals surface area contributed by atoms with E-state index in [1.807, 2.05) is 21.1 Å². The molecule has 0 heterocycles. The summed E-state index contributed by atoms with van der Waals surface area (Å²) < 4.78 is 34.8. The molecule has 2 atom stereocenters. The highest BCUT2D eigenvalue weighted by atomic mass is 31.2. The lowest BCUT2D eigenvalue weighted by molar-refractivity contribution is -0.870. The Labute approximate surface area is 337 Å². The topological polar surface area (TPSA) is 91.3 Å². The fraction of sp³-hybridized carbons (Fsp3) is 0.674. The van der Waals surface area contributed by atoms with E-state index in [9.17, 15) is 14.3 Å². The Morgan fingerprint density at radius 2 is 1.05 bits per heavy atom. The Bertz CT molecular complexity index is 1150. The number of phosphoric ester groups is 1. The number of unbranched alkanes of at least 4 members (excludes halogenated alkanes) is 10. The predicted molar refractivity (Wildman–Crippen MR) is 233 cm³/mol. The van der Waals surface area contributed by atoms with Gasteiger partial charge in [0.1, 0.15) is 19.3 Å². The summed E-state index contributed by atoms with van der Waals surface area (Å²) in [5.74, 6) is -0.335. The van der Waals surface area contributed by atoms with Crippen molar-refractivity contribution < 1.29 is 37.3 Å². The summed E-state index contributed by atoms with van der Waals surface area (Å²) in [6, 6.07) is 0. The minimum Gasteiger partial charge on any atom is -0.457 e. The average Bonchev–Trinajstić information content (AvgIpc) is 3.13. The summed E-state index contributed by atoms with van der Waals surface area (Å²) in [4.78, 5) is 22.7. The lowest BCUT2D eigenvalue weighted by Crippen LogP contribution is -2.37. The maximum absolute atomic E-state index is 12.5. The average molecular weight is 791 g/mol. The minimum absolute atomic E-state index is 0.0791. The maximum atomic E-state index is 12.5. The molecule has 55 heavy (non-hydrogen) atoms. The molecule has 0 spiro atoms. The van der Waals surface area contributed by atoms with E-state index in [1.165, 1.54) is 25.7 Å². The molecule has 316 valence electrons. The van der Waals surface area contributed by atoms with Gasteiger partial charge < -0.3 is 18.9 Å². The summed E-state index contributed by atoms with van der Waals surface area (Å²) in [5, 5.41) is 0. The van der Waals surface area contributed by atoms with Crippen LogP contribution in [-0.4, -0.2) is 75.6 Å². The molecule has 0 radical (unpaired) electrons. The van der Waals surface area contributed by atoms with Gasteiger partial charge in [0, 0.05) is 13.0 Å². The molecule has 8 nitrogen and oxygen atoms in total. The van der Waals surface area contributed by atoms with E-state index in [0.29, 0.717) is 24.1 Å². The number of phosphoric acid groups is 1. The van der Waals surface area contributed by atoms with Crippen LogP contribution in [0.5, 0.6) is 0 Å². The van der Waals surface area contributed by atoms with E-state index in [4.69, 9.17) is 18.5 Å². The van der Waals surface area contributed by atoms with Crippen molar-refractivity contribution in [1.29, 1.82) is 0 Å². The molecule has 0 bridgehead atoms. The van der Waals surface area contributed by atoms with Crippen LogP contribution in [0.1, 0.15) is 142 Å². The Kier molecular flexibility index (Phi) is 36.9. The molecule has 0 aliphatic carbocycles. The van der Waals surface area contributed by atoms with Crippen molar-refractivity contribution in [1.82, 2.24) is 0 Å². The van der Waals surface area contributed by atoms with Crippen LogP contribution >= 0.6 is 7.82 Å². The van der Waals surface area contributed by atoms with Gasteiger partial charge in [0.15, 0.2) is 0 Å². The van der Waals surface area contributed by atoms with Crippen LogP contribution in [0.2, 0.25) is 0 Å². The van der Waals surface area contributed by atoms with Crippen molar-refractivity contribution in [3.8, 4) is 0 Å². The summed E-state index contributed by atoms with van der Waals surface area (Å²) in [6.45, 7) is 5.36. The SMILES string of the molecule is CC/C=C\C/C=C\C/C=C\C/C=C\C/C=C\C/C=C\C/C=C\CCCCCCOCC(COP(=O)(O)OCC[N+](C)(C)C)OC(=O)CCCCCCCCC. The fourth-order valence-electron chi connectivity index (χ4n) is 5.18. The molecule has 0 saturated heterocycles. The lowest BCUT2D eigenvalue weighted by Gasteiger charge is -2.24. The standard InChI is InChI=1S/C46H80NO7P/c1-6-8-10-12-14-15-16-17-18-19-20-21-22-23-24-25-26-27-28-29-30-31-32-34-36-38-41-51-43-45(44-53-55(49,50)52-42-40-47(3,4)5)54-46(48)39-37-35-33-13-11-9-7-2/h8,10,14-15,17-18,20-21,23-24,26-27,29-30,45H,6-7,9,11-13,16,19,22,25,28,31-44H2,1-5H3/p+1/b10-8-,15-14-,18-17-,21-20-,24-23-,27-26-,30-29-. The van der Waals surface area contributed by atoms with Crippen LogP contribution in [0, 0.1) is 0 Å². The molecule has 0 saturated carbocycles. The second kappa shape index (κ2) is 38.5. The number of carbonyl (C=O) groups is 1. The third-order valence-corrected chi connectivity index (χ3v) is 9.46. The quantitative estimate of drug-likeness (QED) is 0.0219. The number of carbonyl (C=O) groups excluding carboxylic acids is 1. The highest BCUT2D eigenvalue weighted by Crippen LogP contribution is 2.43. The van der Waals surface area contributed by atoms with E-state index >= 15 is 0 Å². The first-order valence-electron chi connectivity index (χ1n) is 21.3. The highest BCUT2D eigenvalue weighted by molar-refractivity contribution is 7.47. The second-order valence-electron chi connectivity index (χ2n) is 15.0. The van der Waals surface area contributed by atoms with E-state index in [1.54, 1.807) is 0 Å². The van der Waals surface area contributed by atoms with E-state index in [2.05, 4.69) is 98.9 Å². The fourth-order valence-corrected chi connectivity index (χ4v) is 5.92. The number of hydrogen-bond donors (Lipinski definition) is 1. The molecule has 0 aromatic rings. The van der Waals surface area contributed by atoms with Crippen LogP contribution in [0.3, 0.4) is 0 Å². The van der Waals surface area contributed by atoms with Crippen LogP contribution in [0.15, 0.2) is 85.1 Å². The van der Waals surface area contributed by atoms with Crippen molar-refractivity contribution >= 4 is 13.8 Å². The molecule has 0 rings (SSSR count). The van der Waals surface area contributed by atoms with Crippen LogP contribution in [-0.2, 0) is 27.9 Å². The van der Waals surface area contributed by atoms with Crippen molar-refractivity contribution in [2.75, 3.05) is 54.1 Å². The number of hydrogen-bond acceptors (Lipinski definition) is 6. The number of esters is 1. The van der Waals surface area contributed by atoms with E-state index in [0.717, 1.165) is 96.3 Å². The zero-order valence-corrected chi connectivity index (χ0v) is 36.5. The molecular weight excluding hydrogens is 709 g/mol. The maximum Gasteiger partial charge on any atom is 0.472 e. The Balaban J connectivity index is 4.16. The van der Waals surface area contributed by atoms with Gasteiger partial charge in [0.2, 0.25) is 0 Å². The third kappa shape index (κ3) is 42.7. The van der Waals surface area contributed by atoms with Gasteiger partial charge in [-0.3, -0.25) is 13.8 Å². The van der Waals surface area contributed by atoms with Gasteiger partial charge in [0.25, 0.3) is 0 Å². The largest absolute Gasteiger partial charge is 0.472 e. The number of allylic oxidation sites excluding steroid dienone is 14. The van der Waals surface area contributed by atoms with Gasteiger partial charge in [-0.2, -0.15) is 0 Å². The first-order valence-corrected chi connectivity index (χ1v) is 22.8. The molecule has 0 aliphatic rings. The molecule has 0 aromatic carbocycles. The van der Waals surface area contributed by atoms with E-state index in [-0.39, 0.29) is 25.8 Å². The van der Waals surface area contributed by atoms with Gasteiger partial charge in [-0.15, -0.1) is 0 Å². The number of nitrogens with zero attached hydrogens (tertiary/aromatic N) is 1. The van der Waals surface area contributed by atoms with Crippen LogP contribution in [0.4, 0.5) is 0 Å². The van der Waals surface area contributed by atoms with Crippen molar-refractivity contribution in [3.63, 3.8) is 0 Å². The van der Waals surface area contributed by atoms with Gasteiger partial charge >= 0.3 is 13.8 Å². The van der Waals surface area contributed by atoms with Crippen molar-refractivity contribution in [2.24, 2.45) is 0 Å². The monoisotopic (exact) mass is 791 g/mol. The number of rotatable bonds is 38. The molecule has 0 aromatic heterocycles. The van der Waals surface area contributed by atoms with Crippen LogP contribution in [0.25, 0.3) is 0 Å². The van der Waals surface area contributed by atoms with Crippen molar-refractivity contribution in [2.45, 2.75) is 148 Å². The normalized spacial score (nSPS) is 14.7. The van der Waals surface area contributed by atoms with Gasteiger partial charge in [-0.05, 0) is 70.6 Å². The molecule has 0 fully saturated rings.